The standard InChI is InChI=1S/C43H53N3O5/c1-30-40(28-46(4)31(2)35-13-7-5-8-14-35)50-43(51-42(30)37-19-17-33(29-47)18-20-37)38-23-21-36(22-24-38)39-15-11-12-34(26-39)27-45-41(49)16-9-6-10-25-44-32(3)48/h5,7-8,11-15,17-24,26,30-31,40,42-43,47H,6,9-10,16,25,27-29H2,1-4H3,(H,44,48)(H,45,49)/t30-,31+,40+,42+,43+/m1/s1. The maximum absolute atomic E-state index is 12.4. The van der Waals surface area contributed by atoms with E-state index in [2.05, 4.69) is 109 Å². The van der Waals surface area contributed by atoms with E-state index in [1.165, 1.54) is 12.5 Å². The number of likely N-dealkylation sites (N-methyl/N-ethyl adjacent to an activating group) is 1. The van der Waals surface area contributed by atoms with Crippen LogP contribution in [0, 0.1) is 5.92 Å². The highest BCUT2D eigenvalue weighted by atomic mass is 16.7. The molecule has 3 N–H and O–H groups in total. The van der Waals surface area contributed by atoms with Gasteiger partial charge in [-0.1, -0.05) is 110 Å². The van der Waals surface area contributed by atoms with E-state index in [9.17, 15) is 14.7 Å². The van der Waals surface area contributed by atoms with Gasteiger partial charge in [-0.15, -0.1) is 0 Å². The van der Waals surface area contributed by atoms with Gasteiger partial charge in [0.1, 0.15) is 0 Å². The van der Waals surface area contributed by atoms with Crippen molar-refractivity contribution in [3.05, 3.63) is 131 Å². The molecule has 0 radical (unpaired) electrons. The Labute approximate surface area is 303 Å². The minimum atomic E-state index is -0.546. The molecule has 51 heavy (non-hydrogen) atoms. The second-order valence-electron chi connectivity index (χ2n) is 13.7. The number of aliphatic hydroxyl groups excluding tert-OH is 1. The van der Waals surface area contributed by atoms with Gasteiger partial charge in [0.25, 0.3) is 0 Å². The van der Waals surface area contributed by atoms with Crippen molar-refractivity contribution < 1.29 is 24.2 Å². The lowest BCUT2D eigenvalue weighted by Gasteiger charge is -2.43. The van der Waals surface area contributed by atoms with Crippen molar-refractivity contribution in [2.45, 2.75) is 84.1 Å². The SMILES string of the molecule is CC(=O)NCCCCCC(=O)NCc1cccc(-c2ccc([C@H]3O[C@@H](CN(C)[C@@H](C)c4ccccc4)[C@@H](C)[C@@H](c4ccc(CO)cc4)O3)cc2)c1. The number of unbranched alkanes of at least 4 members (excludes halogenated alkanes) is 2. The molecule has 8 heteroatoms. The van der Waals surface area contributed by atoms with Gasteiger partial charge in [-0.3, -0.25) is 14.5 Å². The number of rotatable bonds is 16. The monoisotopic (exact) mass is 691 g/mol. The summed E-state index contributed by atoms with van der Waals surface area (Å²) in [5.74, 6) is 0.0996. The molecular formula is C43H53N3O5. The molecule has 0 bridgehead atoms. The molecule has 1 aliphatic rings. The molecule has 270 valence electrons. The van der Waals surface area contributed by atoms with Gasteiger partial charge in [0.05, 0.1) is 18.8 Å². The van der Waals surface area contributed by atoms with Crippen LogP contribution in [0.2, 0.25) is 0 Å². The molecule has 0 aliphatic carbocycles. The summed E-state index contributed by atoms with van der Waals surface area (Å²) in [5.41, 5.74) is 7.33. The fraction of sp³-hybridized carbons (Fsp3) is 0.395. The molecule has 1 aliphatic heterocycles. The van der Waals surface area contributed by atoms with Crippen LogP contribution in [-0.4, -0.2) is 48.1 Å². The van der Waals surface area contributed by atoms with Crippen molar-refractivity contribution in [1.29, 1.82) is 0 Å². The van der Waals surface area contributed by atoms with Crippen molar-refractivity contribution in [2.75, 3.05) is 20.1 Å². The molecular weight excluding hydrogens is 638 g/mol. The molecule has 0 spiro atoms. The highest BCUT2D eigenvalue weighted by molar-refractivity contribution is 5.76. The Morgan fingerprint density at radius 3 is 2.24 bits per heavy atom. The van der Waals surface area contributed by atoms with Crippen LogP contribution < -0.4 is 10.6 Å². The average molecular weight is 692 g/mol. The van der Waals surface area contributed by atoms with Crippen LogP contribution in [0.1, 0.15) is 92.7 Å². The Hall–Kier alpha value is -4.34. The lowest BCUT2D eigenvalue weighted by Crippen LogP contribution is -2.44. The molecule has 1 fully saturated rings. The third-order valence-electron chi connectivity index (χ3n) is 9.92. The number of nitrogens with one attached hydrogen (secondary N) is 2. The van der Waals surface area contributed by atoms with Crippen LogP contribution >= 0.6 is 0 Å². The molecule has 5 atom stereocenters. The molecule has 0 aromatic heterocycles. The van der Waals surface area contributed by atoms with Crippen LogP contribution in [-0.2, 0) is 32.2 Å². The van der Waals surface area contributed by atoms with E-state index in [0.29, 0.717) is 19.5 Å². The van der Waals surface area contributed by atoms with Crippen LogP contribution in [0.25, 0.3) is 11.1 Å². The van der Waals surface area contributed by atoms with Gasteiger partial charge in [0.2, 0.25) is 11.8 Å². The van der Waals surface area contributed by atoms with Gasteiger partial charge < -0.3 is 25.2 Å². The zero-order valence-electron chi connectivity index (χ0n) is 30.4. The third kappa shape index (κ3) is 10.8. The number of benzene rings is 4. The van der Waals surface area contributed by atoms with Crippen LogP contribution in [0.15, 0.2) is 103 Å². The largest absolute Gasteiger partial charge is 0.392 e. The Balaban J connectivity index is 1.24. The van der Waals surface area contributed by atoms with Crippen molar-refractivity contribution in [2.24, 2.45) is 5.92 Å². The Morgan fingerprint density at radius 2 is 1.53 bits per heavy atom. The number of carbonyl (C=O) groups excluding carboxylic acids is 2. The predicted octanol–water partition coefficient (Wildman–Crippen LogP) is 7.64. The smallest absolute Gasteiger partial charge is 0.220 e. The zero-order chi connectivity index (χ0) is 36.2. The number of hydrogen-bond donors (Lipinski definition) is 3. The number of carbonyl (C=O) groups is 2. The highest BCUT2D eigenvalue weighted by Crippen LogP contribution is 2.42. The summed E-state index contributed by atoms with van der Waals surface area (Å²) in [6.45, 7) is 7.80. The van der Waals surface area contributed by atoms with E-state index in [-0.39, 0.29) is 42.6 Å². The summed E-state index contributed by atoms with van der Waals surface area (Å²) < 4.78 is 13.5. The van der Waals surface area contributed by atoms with Crippen molar-refractivity contribution in [1.82, 2.24) is 15.5 Å². The lowest BCUT2D eigenvalue weighted by atomic mass is 9.89. The molecule has 0 saturated carbocycles. The fourth-order valence-corrected chi connectivity index (χ4v) is 6.59. The summed E-state index contributed by atoms with van der Waals surface area (Å²) in [5, 5.41) is 15.4. The second kappa shape index (κ2) is 18.8. The van der Waals surface area contributed by atoms with Crippen molar-refractivity contribution in [3.63, 3.8) is 0 Å². The first-order valence-electron chi connectivity index (χ1n) is 18.2. The maximum Gasteiger partial charge on any atom is 0.220 e. The number of nitrogens with zero attached hydrogens (tertiary/aromatic N) is 1. The van der Waals surface area contributed by atoms with Gasteiger partial charge in [-0.2, -0.15) is 0 Å². The van der Waals surface area contributed by atoms with Crippen LogP contribution in [0.3, 0.4) is 0 Å². The van der Waals surface area contributed by atoms with Gasteiger partial charge in [-0.25, -0.2) is 0 Å². The molecule has 4 aromatic rings. The predicted molar refractivity (Wildman–Crippen MR) is 201 cm³/mol. The van der Waals surface area contributed by atoms with Gasteiger partial charge >= 0.3 is 0 Å². The second-order valence-corrected chi connectivity index (χ2v) is 13.7. The van der Waals surface area contributed by atoms with Crippen molar-refractivity contribution >= 4 is 11.8 Å². The molecule has 1 heterocycles. The summed E-state index contributed by atoms with van der Waals surface area (Å²) in [6.07, 6.45) is 2.23. The highest BCUT2D eigenvalue weighted by Gasteiger charge is 2.39. The van der Waals surface area contributed by atoms with E-state index in [0.717, 1.165) is 59.2 Å². The average Bonchev–Trinajstić information content (AvgIpc) is 3.16. The Bertz CT molecular complexity index is 1680. The van der Waals surface area contributed by atoms with Crippen molar-refractivity contribution in [3.8, 4) is 11.1 Å². The quantitative estimate of drug-likeness (QED) is 0.105. The van der Waals surface area contributed by atoms with Crippen LogP contribution in [0.4, 0.5) is 0 Å². The normalized spacial score (nSPS) is 19.4. The summed E-state index contributed by atoms with van der Waals surface area (Å²) in [7, 11) is 2.15. The number of ether oxygens (including phenoxy) is 2. The number of aliphatic hydroxyl groups is 1. The molecule has 8 nitrogen and oxygen atoms in total. The summed E-state index contributed by atoms with van der Waals surface area (Å²) >= 11 is 0. The molecule has 2 amide bonds. The molecule has 5 rings (SSSR count). The summed E-state index contributed by atoms with van der Waals surface area (Å²) in [6, 6.07) is 35.4. The molecule has 0 unspecified atom stereocenters. The Kier molecular flexibility index (Phi) is 13.9. The fourth-order valence-electron chi connectivity index (χ4n) is 6.59. The topological polar surface area (TPSA) is 100 Å². The zero-order valence-corrected chi connectivity index (χ0v) is 30.4. The minimum Gasteiger partial charge on any atom is -0.392 e. The minimum absolute atomic E-state index is 0.00478. The number of amides is 2. The molecule has 4 aromatic carbocycles. The molecule has 1 saturated heterocycles. The number of hydrogen-bond acceptors (Lipinski definition) is 6. The van der Waals surface area contributed by atoms with E-state index in [1.807, 2.05) is 30.3 Å². The van der Waals surface area contributed by atoms with Gasteiger partial charge in [0, 0.05) is 50.5 Å². The van der Waals surface area contributed by atoms with Gasteiger partial charge in [0.15, 0.2) is 6.29 Å². The van der Waals surface area contributed by atoms with E-state index in [1.54, 1.807) is 0 Å². The first-order chi connectivity index (χ1) is 24.7. The maximum atomic E-state index is 12.4. The summed E-state index contributed by atoms with van der Waals surface area (Å²) in [4.78, 5) is 25.8. The Morgan fingerprint density at radius 1 is 0.804 bits per heavy atom. The van der Waals surface area contributed by atoms with Gasteiger partial charge in [-0.05, 0) is 66.3 Å². The van der Waals surface area contributed by atoms with E-state index < -0.39 is 6.29 Å². The van der Waals surface area contributed by atoms with E-state index in [4.69, 9.17) is 9.47 Å². The first kappa shape index (κ1) is 37.9. The first-order valence-corrected chi connectivity index (χ1v) is 18.2. The van der Waals surface area contributed by atoms with Crippen LogP contribution in [0.5, 0.6) is 0 Å². The lowest BCUT2D eigenvalue weighted by molar-refractivity contribution is -0.276. The third-order valence-corrected chi connectivity index (χ3v) is 9.92. The van der Waals surface area contributed by atoms with E-state index >= 15 is 0 Å².